The zero-order valence-corrected chi connectivity index (χ0v) is 17.3. The highest BCUT2D eigenvalue weighted by Crippen LogP contribution is 2.33. The molecule has 148 valence electrons. The van der Waals surface area contributed by atoms with Crippen molar-refractivity contribution >= 4 is 21.6 Å². The highest BCUT2D eigenvalue weighted by atomic mass is 32.1. The molecular formula is C22H22N4O2S. The lowest BCUT2D eigenvalue weighted by molar-refractivity contribution is 0.369. The first-order valence-corrected chi connectivity index (χ1v) is 10.8. The van der Waals surface area contributed by atoms with Crippen molar-refractivity contribution in [2.75, 3.05) is 0 Å². The third-order valence-electron chi connectivity index (χ3n) is 5.55. The number of fused-ring (bicyclic) bond motifs is 3. The topological polar surface area (TPSA) is 73.8 Å². The van der Waals surface area contributed by atoms with Crippen molar-refractivity contribution in [2.24, 2.45) is 0 Å². The molecular weight excluding hydrogens is 384 g/mol. The fourth-order valence-corrected chi connectivity index (χ4v) is 5.11. The lowest BCUT2D eigenvalue weighted by Gasteiger charge is -2.10. The second-order valence-electron chi connectivity index (χ2n) is 7.86. The van der Waals surface area contributed by atoms with Gasteiger partial charge < -0.3 is 4.52 Å². The summed E-state index contributed by atoms with van der Waals surface area (Å²) in [6, 6.07) is 8.17. The first kappa shape index (κ1) is 18.2. The summed E-state index contributed by atoms with van der Waals surface area (Å²) >= 11 is 1.66. The maximum atomic E-state index is 13.1. The fourth-order valence-electron chi connectivity index (χ4n) is 3.89. The Labute approximate surface area is 172 Å². The van der Waals surface area contributed by atoms with Crippen molar-refractivity contribution in [3.8, 4) is 11.4 Å². The molecule has 0 aliphatic heterocycles. The first-order chi connectivity index (χ1) is 14.1. The van der Waals surface area contributed by atoms with E-state index in [4.69, 9.17) is 4.52 Å². The van der Waals surface area contributed by atoms with Crippen molar-refractivity contribution in [1.29, 1.82) is 0 Å². The van der Waals surface area contributed by atoms with Crippen LogP contribution in [0.2, 0.25) is 0 Å². The molecule has 6 nitrogen and oxygen atoms in total. The Morgan fingerprint density at radius 1 is 1.17 bits per heavy atom. The molecule has 5 rings (SSSR count). The van der Waals surface area contributed by atoms with Crippen molar-refractivity contribution in [3.05, 3.63) is 62.8 Å². The molecule has 0 amide bonds. The Balaban J connectivity index is 1.44. The minimum Gasteiger partial charge on any atom is -0.337 e. The molecule has 0 saturated heterocycles. The van der Waals surface area contributed by atoms with E-state index in [1.165, 1.54) is 22.4 Å². The minimum atomic E-state index is -0.0181. The van der Waals surface area contributed by atoms with Gasteiger partial charge in [-0.05, 0) is 42.7 Å². The Kier molecular flexibility index (Phi) is 4.54. The van der Waals surface area contributed by atoms with Crippen molar-refractivity contribution in [1.82, 2.24) is 19.7 Å². The molecule has 1 aliphatic carbocycles. The SMILES string of the molecule is CC(C)c1ccc(-c2noc(Cn3cnc4sc5c(c4c3=O)CCCC5)n2)cc1. The summed E-state index contributed by atoms with van der Waals surface area (Å²) in [6.07, 6.45) is 5.94. The van der Waals surface area contributed by atoms with Crippen molar-refractivity contribution < 1.29 is 4.52 Å². The zero-order valence-electron chi connectivity index (χ0n) is 16.5. The van der Waals surface area contributed by atoms with Crippen LogP contribution in [-0.2, 0) is 19.4 Å². The molecule has 0 N–H and O–H groups in total. The number of hydrogen-bond donors (Lipinski definition) is 0. The van der Waals surface area contributed by atoms with E-state index < -0.39 is 0 Å². The number of nitrogens with zero attached hydrogens (tertiary/aromatic N) is 4. The highest BCUT2D eigenvalue weighted by Gasteiger charge is 2.20. The molecule has 0 radical (unpaired) electrons. The standard InChI is InChI=1S/C22H22N4O2S/c1-13(2)14-7-9-15(10-8-14)20-24-18(28-25-20)11-26-12-23-21-19(22(26)27)16-5-3-4-6-17(16)29-21/h7-10,12-13H,3-6,11H2,1-2H3. The number of thiophene rings is 1. The summed E-state index contributed by atoms with van der Waals surface area (Å²) in [6.45, 7) is 4.55. The summed E-state index contributed by atoms with van der Waals surface area (Å²) in [5, 5.41) is 4.86. The van der Waals surface area contributed by atoms with E-state index in [0.717, 1.165) is 35.0 Å². The van der Waals surface area contributed by atoms with Crippen LogP contribution in [0, 0.1) is 0 Å². The zero-order chi connectivity index (χ0) is 20.0. The highest BCUT2D eigenvalue weighted by molar-refractivity contribution is 7.18. The number of rotatable bonds is 4. The Bertz CT molecular complexity index is 1230. The van der Waals surface area contributed by atoms with E-state index in [9.17, 15) is 4.79 Å². The second-order valence-corrected chi connectivity index (χ2v) is 8.94. The summed E-state index contributed by atoms with van der Waals surface area (Å²) in [5.74, 6) is 1.41. The van der Waals surface area contributed by atoms with E-state index in [1.807, 2.05) is 12.1 Å². The minimum absolute atomic E-state index is 0.0181. The van der Waals surface area contributed by atoms with Crippen molar-refractivity contribution in [2.45, 2.75) is 52.0 Å². The Morgan fingerprint density at radius 2 is 1.97 bits per heavy atom. The number of benzene rings is 1. The summed E-state index contributed by atoms with van der Waals surface area (Å²) in [5.41, 5.74) is 3.34. The smallest absolute Gasteiger partial charge is 0.262 e. The Hall–Kier alpha value is -2.80. The van der Waals surface area contributed by atoms with Gasteiger partial charge in [-0.25, -0.2) is 4.98 Å². The number of hydrogen-bond acceptors (Lipinski definition) is 6. The van der Waals surface area contributed by atoms with Gasteiger partial charge >= 0.3 is 0 Å². The van der Waals surface area contributed by atoms with Gasteiger partial charge in [0.2, 0.25) is 11.7 Å². The molecule has 0 bridgehead atoms. The fraction of sp³-hybridized carbons (Fsp3) is 0.364. The maximum Gasteiger partial charge on any atom is 0.262 e. The van der Waals surface area contributed by atoms with Crippen LogP contribution in [0.4, 0.5) is 0 Å². The first-order valence-electron chi connectivity index (χ1n) is 10.0. The van der Waals surface area contributed by atoms with Crippen molar-refractivity contribution in [3.63, 3.8) is 0 Å². The largest absolute Gasteiger partial charge is 0.337 e. The molecule has 4 aromatic rings. The van der Waals surface area contributed by atoms with Gasteiger partial charge in [0.05, 0.1) is 11.7 Å². The van der Waals surface area contributed by atoms with Crippen LogP contribution in [0.1, 0.15) is 54.5 Å². The third-order valence-corrected chi connectivity index (χ3v) is 6.75. The van der Waals surface area contributed by atoms with Crippen LogP contribution in [-0.4, -0.2) is 19.7 Å². The van der Waals surface area contributed by atoms with Crippen LogP contribution < -0.4 is 5.56 Å². The van der Waals surface area contributed by atoms with E-state index in [-0.39, 0.29) is 12.1 Å². The number of aryl methyl sites for hydroxylation is 2. The molecule has 1 aromatic carbocycles. The molecule has 29 heavy (non-hydrogen) atoms. The predicted molar refractivity (Wildman–Crippen MR) is 113 cm³/mol. The van der Waals surface area contributed by atoms with E-state index in [1.54, 1.807) is 22.2 Å². The maximum absolute atomic E-state index is 13.1. The predicted octanol–water partition coefficient (Wildman–Crippen LogP) is 4.56. The van der Waals surface area contributed by atoms with Crippen LogP contribution in [0.3, 0.4) is 0 Å². The molecule has 0 atom stereocenters. The lowest BCUT2D eigenvalue weighted by Crippen LogP contribution is -2.21. The quantitative estimate of drug-likeness (QED) is 0.497. The molecule has 1 aliphatic rings. The molecule has 0 spiro atoms. The van der Waals surface area contributed by atoms with Gasteiger partial charge in [0, 0.05) is 10.4 Å². The molecule has 3 aromatic heterocycles. The molecule has 0 saturated carbocycles. The van der Waals surface area contributed by atoms with Gasteiger partial charge in [0.25, 0.3) is 5.56 Å². The molecule has 0 unspecified atom stereocenters. The van der Waals surface area contributed by atoms with Crippen LogP contribution in [0.25, 0.3) is 21.6 Å². The summed E-state index contributed by atoms with van der Waals surface area (Å²) in [4.78, 5) is 24.3. The average Bonchev–Trinajstić information content (AvgIpc) is 3.35. The van der Waals surface area contributed by atoms with Crippen LogP contribution >= 0.6 is 11.3 Å². The van der Waals surface area contributed by atoms with Crippen LogP contribution in [0.15, 0.2) is 39.9 Å². The third kappa shape index (κ3) is 3.29. The Morgan fingerprint density at radius 3 is 2.76 bits per heavy atom. The van der Waals surface area contributed by atoms with Gasteiger partial charge in [0.15, 0.2) is 0 Å². The van der Waals surface area contributed by atoms with Gasteiger partial charge in [-0.2, -0.15) is 4.98 Å². The van der Waals surface area contributed by atoms with Gasteiger partial charge in [0.1, 0.15) is 11.4 Å². The second kappa shape index (κ2) is 7.22. The molecule has 7 heteroatoms. The molecule has 3 heterocycles. The van der Waals surface area contributed by atoms with Gasteiger partial charge in [-0.3, -0.25) is 9.36 Å². The van der Waals surface area contributed by atoms with E-state index >= 15 is 0 Å². The monoisotopic (exact) mass is 406 g/mol. The van der Waals surface area contributed by atoms with Gasteiger partial charge in [-0.1, -0.05) is 43.3 Å². The lowest BCUT2D eigenvalue weighted by atomic mass is 9.97. The molecule has 0 fully saturated rings. The van der Waals surface area contributed by atoms with Gasteiger partial charge in [-0.15, -0.1) is 11.3 Å². The summed E-state index contributed by atoms with van der Waals surface area (Å²) in [7, 11) is 0. The normalized spacial score (nSPS) is 13.9. The van der Waals surface area contributed by atoms with Crippen LogP contribution in [0.5, 0.6) is 0 Å². The number of aromatic nitrogens is 4. The summed E-state index contributed by atoms with van der Waals surface area (Å²) < 4.78 is 6.99. The average molecular weight is 407 g/mol. The van der Waals surface area contributed by atoms with E-state index in [0.29, 0.717) is 17.6 Å². The van der Waals surface area contributed by atoms with E-state index in [2.05, 4.69) is 41.1 Å².